The van der Waals surface area contributed by atoms with Crippen molar-refractivity contribution in [2.45, 2.75) is 31.0 Å². The fourth-order valence-corrected chi connectivity index (χ4v) is 4.86. The highest BCUT2D eigenvalue weighted by molar-refractivity contribution is 6.33. The summed E-state index contributed by atoms with van der Waals surface area (Å²) in [6.07, 6.45) is 0.0329. The smallest absolute Gasteiger partial charge is 0.196 e. The minimum Gasteiger partial charge on any atom is -0.507 e. The van der Waals surface area contributed by atoms with Crippen LogP contribution < -0.4 is 5.43 Å². The third-order valence-corrected chi connectivity index (χ3v) is 6.65. The molecule has 154 valence electrons. The molecule has 1 fully saturated rings. The van der Waals surface area contributed by atoms with E-state index in [0.29, 0.717) is 23.6 Å². The van der Waals surface area contributed by atoms with E-state index in [1.54, 1.807) is 31.2 Å². The van der Waals surface area contributed by atoms with Crippen LogP contribution in [0.1, 0.15) is 24.7 Å². The molecule has 0 radical (unpaired) electrons. The van der Waals surface area contributed by atoms with Gasteiger partial charge in [-0.05, 0) is 45.1 Å². The second-order valence-corrected chi connectivity index (χ2v) is 8.57. The normalized spacial score (nSPS) is 30.0. The Labute approximate surface area is 173 Å². The van der Waals surface area contributed by atoms with E-state index < -0.39 is 23.1 Å². The van der Waals surface area contributed by atoms with Crippen LogP contribution in [0.3, 0.4) is 0 Å². The fourth-order valence-electron chi connectivity index (χ4n) is 4.63. The number of fused-ring (bicyclic) bond motifs is 1. The molecule has 0 bridgehead atoms. The number of likely N-dealkylation sites (N-methyl/N-ethyl adjacent to an activating group) is 1. The largest absolute Gasteiger partial charge is 0.507 e. The first-order chi connectivity index (χ1) is 13.7. The van der Waals surface area contributed by atoms with E-state index in [1.807, 2.05) is 11.9 Å². The van der Waals surface area contributed by atoms with Crippen LogP contribution in [0.2, 0.25) is 5.02 Å². The molecule has 2 heterocycles. The van der Waals surface area contributed by atoms with Crippen molar-refractivity contribution in [3.63, 3.8) is 0 Å². The van der Waals surface area contributed by atoms with Crippen LogP contribution in [0.4, 0.5) is 0 Å². The summed E-state index contributed by atoms with van der Waals surface area (Å²) in [4.78, 5) is 15.0. The molecule has 2 aliphatic rings. The summed E-state index contributed by atoms with van der Waals surface area (Å²) in [5.74, 6) is -0.232. The summed E-state index contributed by atoms with van der Waals surface area (Å²) in [5.41, 5.74) is -0.933. The number of aliphatic hydroxyl groups is 3. The van der Waals surface area contributed by atoms with E-state index in [9.17, 15) is 20.1 Å². The zero-order valence-electron chi connectivity index (χ0n) is 16.3. The predicted octanol–water partition coefficient (Wildman–Crippen LogP) is 2.80. The Hall–Kier alpha value is -2.12. The maximum Gasteiger partial charge on any atom is 0.196 e. The lowest BCUT2D eigenvalue weighted by Gasteiger charge is -2.47. The highest BCUT2D eigenvalue weighted by atomic mass is 35.5. The molecule has 2 aromatic rings. The summed E-state index contributed by atoms with van der Waals surface area (Å²) >= 11 is 6.29. The fraction of sp³-hybridized carbons (Fsp3) is 0.409. The molecule has 7 heteroatoms. The number of hydrogen-bond donors (Lipinski definition) is 3. The maximum atomic E-state index is 12.9. The second kappa shape index (κ2) is 7.29. The minimum atomic E-state index is -1.12. The number of piperidine rings is 1. The third kappa shape index (κ3) is 3.20. The number of β-amino-alcohol motifs (C(OH)–C–C–N with tert-alkyl or cyclic N) is 1. The van der Waals surface area contributed by atoms with Gasteiger partial charge < -0.3 is 24.6 Å². The van der Waals surface area contributed by atoms with Crippen molar-refractivity contribution in [3.05, 3.63) is 63.0 Å². The molecule has 1 saturated heterocycles. The van der Waals surface area contributed by atoms with Crippen molar-refractivity contribution < 1.29 is 19.7 Å². The van der Waals surface area contributed by atoms with Gasteiger partial charge >= 0.3 is 0 Å². The van der Waals surface area contributed by atoms with E-state index in [1.165, 1.54) is 12.1 Å². The van der Waals surface area contributed by atoms with Gasteiger partial charge in [0.15, 0.2) is 5.43 Å². The van der Waals surface area contributed by atoms with E-state index in [2.05, 4.69) is 0 Å². The standard InChI is InChI=1S/C22H24ClNO5/c1-22(13-7-8-24(2)11-17(13)27)19(28)10-16(26)20-15(25)9-18(29-21(20)22)12-5-3-4-6-14(12)23/h3-6,9-10,13,17,19,26-28H,7-8,11H2,1-2H3/t13-,17+,19?,22?/m0/s1. The first-order valence-corrected chi connectivity index (χ1v) is 10.0. The van der Waals surface area contributed by atoms with Crippen molar-refractivity contribution in [2.75, 3.05) is 20.1 Å². The van der Waals surface area contributed by atoms with Crippen molar-refractivity contribution in [2.24, 2.45) is 5.92 Å². The van der Waals surface area contributed by atoms with Crippen molar-refractivity contribution in [3.8, 4) is 11.3 Å². The number of benzene rings is 1. The molecule has 6 nitrogen and oxygen atoms in total. The first kappa shape index (κ1) is 20.2. The molecule has 4 rings (SSSR count). The summed E-state index contributed by atoms with van der Waals surface area (Å²) in [6, 6.07) is 8.30. The van der Waals surface area contributed by atoms with Crippen LogP contribution in [0, 0.1) is 5.92 Å². The van der Waals surface area contributed by atoms with Crippen LogP contribution in [-0.4, -0.2) is 52.6 Å². The summed E-state index contributed by atoms with van der Waals surface area (Å²) in [6.45, 7) is 2.97. The van der Waals surface area contributed by atoms with Crippen LogP contribution in [-0.2, 0) is 5.41 Å². The summed E-state index contributed by atoms with van der Waals surface area (Å²) in [7, 11) is 1.92. The molecule has 1 aromatic carbocycles. The molecular formula is C22H24ClNO5. The van der Waals surface area contributed by atoms with Gasteiger partial charge in [-0.3, -0.25) is 4.79 Å². The lowest BCUT2D eigenvalue weighted by Crippen LogP contribution is -2.55. The van der Waals surface area contributed by atoms with Crippen LogP contribution in [0.15, 0.2) is 45.6 Å². The zero-order chi connectivity index (χ0) is 20.9. The molecule has 1 aliphatic heterocycles. The quantitative estimate of drug-likeness (QED) is 0.695. The number of nitrogens with zero attached hydrogens (tertiary/aromatic N) is 1. The lowest BCUT2D eigenvalue weighted by molar-refractivity contribution is -0.0431. The first-order valence-electron chi connectivity index (χ1n) is 9.62. The number of hydrogen-bond acceptors (Lipinski definition) is 6. The van der Waals surface area contributed by atoms with Gasteiger partial charge in [-0.15, -0.1) is 0 Å². The van der Waals surface area contributed by atoms with Gasteiger partial charge in [0, 0.05) is 24.1 Å². The molecule has 1 aromatic heterocycles. The molecular weight excluding hydrogens is 394 g/mol. The van der Waals surface area contributed by atoms with E-state index >= 15 is 0 Å². The molecule has 0 amide bonds. The van der Waals surface area contributed by atoms with Gasteiger partial charge in [0.2, 0.25) is 0 Å². The number of aliphatic hydroxyl groups excluding tert-OH is 3. The van der Waals surface area contributed by atoms with E-state index in [4.69, 9.17) is 16.0 Å². The maximum absolute atomic E-state index is 12.9. The van der Waals surface area contributed by atoms with Crippen LogP contribution >= 0.6 is 11.6 Å². The monoisotopic (exact) mass is 417 g/mol. The SMILES string of the molecule is CN1CC[C@H](C2(C)c3oc(-c4ccccc4Cl)cc(=O)c3C(O)=CC2O)[C@H](O)C1. The molecule has 3 N–H and O–H groups in total. The summed E-state index contributed by atoms with van der Waals surface area (Å²) < 4.78 is 6.16. The predicted molar refractivity (Wildman–Crippen MR) is 111 cm³/mol. The third-order valence-electron chi connectivity index (χ3n) is 6.32. The highest BCUT2D eigenvalue weighted by Crippen LogP contribution is 2.47. The van der Waals surface area contributed by atoms with E-state index in [-0.39, 0.29) is 28.8 Å². The molecule has 2 unspecified atom stereocenters. The Morgan fingerprint density at radius 1 is 1.28 bits per heavy atom. The highest BCUT2D eigenvalue weighted by Gasteiger charge is 2.52. The van der Waals surface area contributed by atoms with Gasteiger partial charge in [-0.1, -0.05) is 23.7 Å². The zero-order valence-corrected chi connectivity index (χ0v) is 17.1. The van der Waals surface area contributed by atoms with Gasteiger partial charge in [-0.2, -0.15) is 0 Å². The summed E-state index contributed by atoms with van der Waals surface area (Å²) in [5, 5.41) is 32.6. The Morgan fingerprint density at radius 2 is 2.00 bits per heavy atom. The van der Waals surface area contributed by atoms with Gasteiger partial charge in [-0.25, -0.2) is 0 Å². The lowest BCUT2D eigenvalue weighted by atomic mass is 9.63. The van der Waals surface area contributed by atoms with Crippen molar-refractivity contribution in [1.29, 1.82) is 0 Å². The Morgan fingerprint density at radius 3 is 2.69 bits per heavy atom. The average Bonchev–Trinajstić information content (AvgIpc) is 2.66. The van der Waals surface area contributed by atoms with Crippen molar-refractivity contribution in [1.82, 2.24) is 4.90 Å². The van der Waals surface area contributed by atoms with Crippen LogP contribution in [0.5, 0.6) is 0 Å². The molecule has 29 heavy (non-hydrogen) atoms. The number of rotatable bonds is 2. The van der Waals surface area contributed by atoms with E-state index in [0.717, 1.165) is 6.54 Å². The molecule has 1 aliphatic carbocycles. The van der Waals surface area contributed by atoms with Crippen molar-refractivity contribution >= 4 is 17.4 Å². The number of likely N-dealkylation sites (tertiary alicyclic amines) is 1. The van der Waals surface area contributed by atoms with Gasteiger partial charge in [0.25, 0.3) is 0 Å². The second-order valence-electron chi connectivity index (χ2n) is 8.16. The average molecular weight is 418 g/mol. The molecule has 4 atom stereocenters. The Bertz CT molecular complexity index is 1030. The molecule has 0 spiro atoms. The minimum absolute atomic E-state index is 0.0275. The number of halogens is 1. The van der Waals surface area contributed by atoms with Gasteiger partial charge in [0.1, 0.15) is 22.8 Å². The Kier molecular flexibility index (Phi) is 5.07. The van der Waals surface area contributed by atoms with Crippen LogP contribution in [0.25, 0.3) is 17.1 Å². The topological polar surface area (TPSA) is 94.1 Å². The Balaban J connectivity index is 1.93. The molecule has 0 saturated carbocycles. The van der Waals surface area contributed by atoms with Gasteiger partial charge in [0.05, 0.1) is 22.6 Å².